The van der Waals surface area contributed by atoms with E-state index in [0.717, 1.165) is 11.4 Å². The molecule has 0 spiro atoms. The van der Waals surface area contributed by atoms with Crippen LogP contribution in [0.2, 0.25) is 0 Å². The summed E-state index contributed by atoms with van der Waals surface area (Å²) in [5, 5.41) is 0. The van der Waals surface area contributed by atoms with Crippen LogP contribution in [0.1, 0.15) is 64.8 Å². The molecule has 0 radical (unpaired) electrons. The highest BCUT2D eigenvalue weighted by molar-refractivity contribution is 5.09. The van der Waals surface area contributed by atoms with Crippen molar-refractivity contribution in [1.29, 1.82) is 0 Å². The molecule has 0 aromatic carbocycles. The van der Waals surface area contributed by atoms with Crippen molar-refractivity contribution < 1.29 is 0 Å². The predicted molar refractivity (Wildman–Crippen MR) is 61.6 cm³/mol. The fraction of sp³-hybridized carbons (Fsp3) is 0.667. The summed E-state index contributed by atoms with van der Waals surface area (Å²) in [6.07, 6.45) is 3.69. The van der Waals surface area contributed by atoms with Gasteiger partial charge in [0, 0.05) is 12.4 Å². The zero-order valence-corrected chi connectivity index (χ0v) is 10.2. The minimum atomic E-state index is 0.469. The van der Waals surface area contributed by atoms with Gasteiger partial charge >= 0.3 is 0 Å². The van der Waals surface area contributed by atoms with Gasteiger partial charge in [-0.2, -0.15) is 0 Å². The van der Waals surface area contributed by atoms with Gasteiger partial charge in [0.25, 0.3) is 0 Å². The van der Waals surface area contributed by atoms with Gasteiger partial charge in [-0.1, -0.05) is 41.5 Å². The van der Waals surface area contributed by atoms with Gasteiger partial charge in [-0.05, 0) is 11.8 Å². The molecule has 1 aromatic rings. The largest absolute Gasteiger partial charge is 0.261 e. The quantitative estimate of drug-likeness (QED) is 0.716. The Balaban J connectivity index is 0.000000791. The zero-order chi connectivity index (χ0) is 11.1. The first-order chi connectivity index (χ1) is 6.61. The van der Waals surface area contributed by atoms with Crippen LogP contribution in [-0.2, 0) is 0 Å². The lowest BCUT2D eigenvalue weighted by Crippen LogP contribution is -2.00. The van der Waals surface area contributed by atoms with E-state index in [1.54, 1.807) is 0 Å². The summed E-state index contributed by atoms with van der Waals surface area (Å²) in [7, 11) is 0. The maximum atomic E-state index is 4.51. The van der Waals surface area contributed by atoms with Crippen molar-refractivity contribution in [2.24, 2.45) is 0 Å². The summed E-state index contributed by atoms with van der Waals surface area (Å²) in [5.74, 6) is 0.937. The summed E-state index contributed by atoms with van der Waals surface area (Å²) >= 11 is 0. The highest BCUT2D eigenvalue weighted by atomic mass is 14.8. The van der Waals surface area contributed by atoms with E-state index in [4.69, 9.17) is 0 Å². The minimum absolute atomic E-state index is 0.469. The molecule has 0 fully saturated rings. The highest BCUT2D eigenvalue weighted by Gasteiger charge is 2.05. The smallest absolute Gasteiger partial charge is 0.0615 e. The molecule has 1 aromatic heterocycles. The second-order valence-corrected chi connectivity index (χ2v) is 3.68. The fourth-order valence-electron chi connectivity index (χ4n) is 0.953. The second kappa shape index (κ2) is 6.52. The normalized spacial score (nSPS) is 10.0. The molecule has 2 nitrogen and oxygen atoms in total. The van der Waals surface area contributed by atoms with Gasteiger partial charge in [-0.15, -0.1) is 0 Å². The van der Waals surface area contributed by atoms with Gasteiger partial charge in [0.1, 0.15) is 0 Å². The van der Waals surface area contributed by atoms with Crippen molar-refractivity contribution in [2.75, 3.05) is 0 Å². The molecule has 14 heavy (non-hydrogen) atoms. The topological polar surface area (TPSA) is 25.8 Å². The van der Waals surface area contributed by atoms with E-state index < -0.39 is 0 Å². The number of nitrogens with zero attached hydrogens (tertiary/aromatic N) is 2. The maximum Gasteiger partial charge on any atom is 0.0615 e. The van der Waals surface area contributed by atoms with Crippen molar-refractivity contribution in [2.45, 2.75) is 53.4 Å². The molecule has 1 heterocycles. The van der Waals surface area contributed by atoms with Gasteiger partial charge < -0.3 is 0 Å². The molecule has 0 aliphatic rings. The predicted octanol–water partition coefficient (Wildman–Crippen LogP) is 3.75. The van der Waals surface area contributed by atoms with Gasteiger partial charge in [0.15, 0.2) is 0 Å². The monoisotopic (exact) mass is 194 g/mol. The number of hydrogen-bond donors (Lipinski definition) is 0. The molecule has 0 atom stereocenters. The summed E-state index contributed by atoms with van der Waals surface area (Å²) in [6.45, 7) is 12.5. The first kappa shape index (κ1) is 13.1. The van der Waals surface area contributed by atoms with Crippen LogP contribution in [0, 0.1) is 0 Å². The Kier molecular flexibility index (Phi) is 6.09. The average Bonchev–Trinajstić information content (AvgIpc) is 2.21. The van der Waals surface area contributed by atoms with Crippen molar-refractivity contribution in [3.8, 4) is 0 Å². The minimum Gasteiger partial charge on any atom is -0.261 e. The van der Waals surface area contributed by atoms with E-state index in [2.05, 4.69) is 37.7 Å². The molecule has 0 amide bonds. The lowest BCUT2D eigenvalue weighted by molar-refractivity contribution is 0.751. The Hall–Kier alpha value is -0.920. The number of hydrogen-bond acceptors (Lipinski definition) is 2. The molecule has 1 rings (SSSR count). The first-order valence-electron chi connectivity index (χ1n) is 5.43. The molecule has 80 valence electrons. The average molecular weight is 194 g/mol. The van der Waals surface area contributed by atoms with Gasteiger partial charge in [0.05, 0.1) is 11.4 Å². The molecular weight excluding hydrogens is 172 g/mol. The Labute approximate surface area is 87.8 Å². The Morgan fingerprint density at radius 3 is 1.50 bits per heavy atom. The Bertz CT molecular complexity index is 231. The van der Waals surface area contributed by atoms with E-state index >= 15 is 0 Å². The van der Waals surface area contributed by atoms with Crippen LogP contribution in [0.25, 0.3) is 0 Å². The summed E-state index contributed by atoms with van der Waals surface area (Å²) in [5.41, 5.74) is 2.17. The molecule has 0 saturated heterocycles. The van der Waals surface area contributed by atoms with Crippen molar-refractivity contribution >= 4 is 0 Å². The third kappa shape index (κ3) is 3.86. The van der Waals surface area contributed by atoms with Gasteiger partial charge in [-0.3, -0.25) is 9.97 Å². The van der Waals surface area contributed by atoms with E-state index in [9.17, 15) is 0 Å². The number of rotatable bonds is 2. The third-order valence-electron chi connectivity index (χ3n) is 1.85. The van der Waals surface area contributed by atoms with Crippen LogP contribution in [0.4, 0.5) is 0 Å². The van der Waals surface area contributed by atoms with Gasteiger partial charge in [0.2, 0.25) is 0 Å². The van der Waals surface area contributed by atoms with Crippen molar-refractivity contribution in [3.63, 3.8) is 0 Å². The highest BCUT2D eigenvalue weighted by Crippen LogP contribution is 2.14. The zero-order valence-electron chi connectivity index (χ0n) is 10.2. The molecule has 0 unspecified atom stereocenters. The van der Waals surface area contributed by atoms with Crippen molar-refractivity contribution in [3.05, 3.63) is 23.8 Å². The van der Waals surface area contributed by atoms with Crippen molar-refractivity contribution in [1.82, 2.24) is 9.97 Å². The third-order valence-corrected chi connectivity index (χ3v) is 1.85. The Morgan fingerprint density at radius 2 is 1.21 bits per heavy atom. The summed E-state index contributed by atoms with van der Waals surface area (Å²) < 4.78 is 0. The Morgan fingerprint density at radius 1 is 0.857 bits per heavy atom. The molecule has 0 bridgehead atoms. The van der Waals surface area contributed by atoms with Crippen LogP contribution >= 0.6 is 0 Å². The second-order valence-electron chi connectivity index (χ2n) is 3.68. The van der Waals surface area contributed by atoms with E-state index in [1.165, 1.54) is 0 Å². The maximum absolute atomic E-state index is 4.51. The van der Waals surface area contributed by atoms with Crippen LogP contribution < -0.4 is 0 Å². The SMILES string of the molecule is CC.CC(C)c1cncc(C(C)C)n1. The molecule has 0 saturated carbocycles. The standard InChI is InChI=1S/C10H16N2.C2H6/c1-7(2)9-5-11-6-10(12-9)8(3)4;1-2/h5-8H,1-4H3;1-2H3. The van der Waals surface area contributed by atoms with E-state index in [-0.39, 0.29) is 0 Å². The molecule has 0 aliphatic heterocycles. The van der Waals surface area contributed by atoms with Gasteiger partial charge in [-0.25, -0.2) is 0 Å². The summed E-state index contributed by atoms with van der Waals surface area (Å²) in [4.78, 5) is 8.67. The van der Waals surface area contributed by atoms with Crippen LogP contribution in [0.3, 0.4) is 0 Å². The van der Waals surface area contributed by atoms with E-state index in [1.807, 2.05) is 26.2 Å². The van der Waals surface area contributed by atoms with Crippen LogP contribution in [-0.4, -0.2) is 9.97 Å². The molecule has 2 heteroatoms. The molecule has 0 N–H and O–H groups in total. The lowest BCUT2D eigenvalue weighted by Gasteiger charge is -2.07. The molecule has 0 aliphatic carbocycles. The first-order valence-corrected chi connectivity index (χ1v) is 5.43. The number of aromatic nitrogens is 2. The van der Waals surface area contributed by atoms with Crippen LogP contribution in [0.5, 0.6) is 0 Å². The molecular formula is C12H22N2. The summed E-state index contributed by atoms with van der Waals surface area (Å²) in [6, 6.07) is 0. The lowest BCUT2D eigenvalue weighted by atomic mass is 10.1. The van der Waals surface area contributed by atoms with E-state index in [0.29, 0.717) is 11.8 Å². The fourth-order valence-corrected chi connectivity index (χ4v) is 0.953. The van der Waals surface area contributed by atoms with Crippen LogP contribution in [0.15, 0.2) is 12.4 Å².